The van der Waals surface area contributed by atoms with Crippen molar-refractivity contribution in [2.24, 2.45) is 0 Å². The third-order valence-electron chi connectivity index (χ3n) is 4.59. The number of nitrogens with zero attached hydrogens (tertiary/aromatic N) is 3. The van der Waals surface area contributed by atoms with Gasteiger partial charge in [-0.1, -0.05) is 22.4 Å². The molecule has 0 bridgehead atoms. The average Bonchev–Trinajstić information content (AvgIpc) is 3.41. The Morgan fingerprint density at radius 1 is 1.23 bits per heavy atom. The fourth-order valence-corrected chi connectivity index (χ4v) is 3.30. The van der Waals surface area contributed by atoms with Gasteiger partial charge in [0.2, 0.25) is 5.76 Å². The van der Waals surface area contributed by atoms with Gasteiger partial charge in [0.15, 0.2) is 0 Å². The molecule has 1 fully saturated rings. The third kappa shape index (κ3) is 2.96. The van der Waals surface area contributed by atoms with E-state index < -0.39 is 0 Å². The minimum absolute atomic E-state index is 0.0923. The Labute approximate surface area is 150 Å². The molecule has 134 valence electrons. The molecule has 1 amide bonds. The summed E-state index contributed by atoms with van der Waals surface area (Å²) in [6.07, 6.45) is 1.77. The molecule has 2 aromatic heterocycles. The Morgan fingerprint density at radius 3 is 2.88 bits per heavy atom. The van der Waals surface area contributed by atoms with Gasteiger partial charge in [0, 0.05) is 24.2 Å². The summed E-state index contributed by atoms with van der Waals surface area (Å²) in [7, 11) is 1.61. The number of ether oxygens (including phenoxy) is 1. The van der Waals surface area contributed by atoms with Crippen molar-refractivity contribution in [1.29, 1.82) is 0 Å². The van der Waals surface area contributed by atoms with Gasteiger partial charge in [0.1, 0.15) is 22.9 Å². The standard InChI is InChI=1S/C19H19N3O4/c1-12-9-16(21-25-12)17-7-4-8-22(17)19(23)18-11-15(20-26-18)13-5-3-6-14(10-13)24-2/h3,5-6,9-11,17H,4,7-8H2,1-2H3. The fourth-order valence-electron chi connectivity index (χ4n) is 3.30. The number of rotatable bonds is 4. The summed E-state index contributed by atoms with van der Waals surface area (Å²) in [6, 6.07) is 10.9. The van der Waals surface area contributed by atoms with Crippen LogP contribution in [0.4, 0.5) is 0 Å². The normalized spacial score (nSPS) is 16.8. The number of carbonyl (C=O) groups excluding carboxylic acids is 1. The zero-order valence-electron chi connectivity index (χ0n) is 14.6. The minimum Gasteiger partial charge on any atom is -0.497 e. The van der Waals surface area contributed by atoms with Crippen LogP contribution in [0.3, 0.4) is 0 Å². The van der Waals surface area contributed by atoms with Gasteiger partial charge in [-0.3, -0.25) is 4.79 Å². The van der Waals surface area contributed by atoms with Gasteiger partial charge in [0.05, 0.1) is 13.2 Å². The maximum absolute atomic E-state index is 12.9. The van der Waals surface area contributed by atoms with Crippen LogP contribution in [-0.4, -0.2) is 34.8 Å². The van der Waals surface area contributed by atoms with Crippen molar-refractivity contribution in [3.63, 3.8) is 0 Å². The molecule has 7 heteroatoms. The van der Waals surface area contributed by atoms with Crippen LogP contribution < -0.4 is 4.74 Å². The minimum atomic E-state index is -0.185. The quantitative estimate of drug-likeness (QED) is 0.712. The van der Waals surface area contributed by atoms with E-state index in [2.05, 4.69) is 10.3 Å². The molecule has 1 atom stereocenters. The van der Waals surface area contributed by atoms with Crippen LogP contribution in [0, 0.1) is 6.92 Å². The SMILES string of the molecule is COc1cccc(-c2cc(C(=O)N3CCCC3c3cc(C)on3)on2)c1. The van der Waals surface area contributed by atoms with Crippen LogP contribution in [0.1, 0.15) is 40.9 Å². The number of hydrogen-bond acceptors (Lipinski definition) is 6. The number of benzene rings is 1. The molecule has 0 aliphatic carbocycles. The van der Waals surface area contributed by atoms with Crippen LogP contribution in [-0.2, 0) is 0 Å². The van der Waals surface area contributed by atoms with E-state index in [0.717, 1.165) is 35.6 Å². The average molecular weight is 353 g/mol. The first-order chi connectivity index (χ1) is 12.7. The van der Waals surface area contributed by atoms with Gasteiger partial charge in [-0.05, 0) is 31.9 Å². The molecular weight excluding hydrogens is 334 g/mol. The largest absolute Gasteiger partial charge is 0.497 e. The van der Waals surface area contributed by atoms with Gasteiger partial charge >= 0.3 is 0 Å². The summed E-state index contributed by atoms with van der Waals surface area (Å²) in [6.45, 7) is 2.50. The molecule has 0 spiro atoms. The van der Waals surface area contributed by atoms with E-state index in [-0.39, 0.29) is 17.7 Å². The number of amides is 1. The zero-order chi connectivity index (χ0) is 18.1. The maximum Gasteiger partial charge on any atom is 0.293 e. The monoisotopic (exact) mass is 353 g/mol. The number of aromatic nitrogens is 2. The van der Waals surface area contributed by atoms with E-state index in [1.165, 1.54) is 0 Å². The molecule has 1 aliphatic heterocycles. The fraction of sp³-hybridized carbons (Fsp3) is 0.316. The summed E-state index contributed by atoms with van der Waals surface area (Å²) in [5.74, 6) is 1.49. The predicted octanol–water partition coefficient (Wildman–Crippen LogP) is 3.62. The topological polar surface area (TPSA) is 81.6 Å². The van der Waals surface area contributed by atoms with Crippen LogP contribution in [0.25, 0.3) is 11.3 Å². The number of carbonyl (C=O) groups is 1. The van der Waals surface area contributed by atoms with E-state index >= 15 is 0 Å². The lowest BCUT2D eigenvalue weighted by Gasteiger charge is -2.21. The second kappa shape index (κ2) is 6.67. The van der Waals surface area contributed by atoms with Crippen molar-refractivity contribution in [3.05, 3.63) is 53.6 Å². The van der Waals surface area contributed by atoms with Crippen molar-refractivity contribution in [2.75, 3.05) is 13.7 Å². The highest BCUT2D eigenvalue weighted by Gasteiger charge is 2.34. The lowest BCUT2D eigenvalue weighted by Crippen LogP contribution is -2.30. The Bertz CT molecular complexity index is 930. The van der Waals surface area contributed by atoms with Gasteiger partial charge in [-0.15, -0.1) is 0 Å². The second-order valence-electron chi connectivity index (χ2n) is 6.33. The number of aryl methyl sites for hydroxylation is 1. The summed E-state index contributed by atoms with van der Waals surface area (Å²) in [5, 5.41) is 8.11. The molecule has 0 radical (unpaired) electrons. The van der Waals surface area contributed by atoms with Crippen molar-refractivity contribution in [1.82, 2.24) is 15.2 Å². The molecule has 26 heavy (non-hydrogen) atoms. The molecule has 1 saturated heterocycles. The molecule has 1 aromatic carbocycles. The van der Waals surface area contributed by atoms with Crippen molar-refractivity contribution >= 4 is 5.91 Å². The van der Waals surface area contributed by atoms with E-state index in [9.17, 15) is 4.79 Å². The Hall–Kier alpha value is -3.09. The van der Waals surface area contributed by atoms with Crippen LogP contribution >= 0.6 is 0 Å². The third-order valence-corrected chi connectivity index (χ3v) is 4.59. The van der Waals surface area contributed by atoms with Gasteiger partial charge in [-0.25, -0.2) is 0 Å². The zero-order valence-corrected chi connectivity index (χ0v) is 14.6. The lowest BCUT2D eigenvalue weighted by atomic mass is 10.1. The number of likely N-dealkylation sites (tertiary alicyclic amines) is 1. The molecule has 3 heterocycles. The van der Waals surface area contributed by atoms with Gasteiger partial charge in [-0.2, -0.15) is 0 Å². The van der Waals surface area contributed by atoms with E-state index in [1.807, 2.05) is 37.3 Å². The molecule has 1 unspecified atom stereocenters. The Morgan fingerprint density at radius 2 is 2.12 bits per heavy atom. The van der Waals surface area contributed by atoms with Crippen molar-refractivity contribution in [3.8, 4) is 17.0 Å². The number of methoxy groups -OCH3 is 1. The molecular formula is C19H19N3O4. The molecule has 0 saturated carbocycles. The van der Waals surface area contributed by atoms with Crippen LogP contribution in [0.2, 0.25) is 0 Å². The molecule has 7 nitrogen and oxygen atoms in total. The highest BCUT2D eigenvalue weighted by Crippen LogP contribution is 2.33. The van der Waals surface area contributed by atoms with Crippen molar-refractivity contribution < 1.29 is 18.6 Å². The number of hydrogen-bond donors (Lipinski definition) is 0. The summed E-state index contributed by atoms with van der Waals surface area (Å²) >= 11 is 0. The van der Waals surface area contributed by atoms with E-state index in [1.54, 1.807) is 18.1 Å². The molecule has 1 aliphatic rings. The predicted molar refractivity (Wildman–Crippen MR) is 92.7 cm³/mol. The Kier molecular flexibility index (Phi) is 4.20. The van der Waals surface area contributed by atoms with Gasteiger partial charge in [0.25, 0.3) is 5.91 Å². The van der Waals surface area contributed by atoms with Crippen molar-refractivity contribution in [2.45, 2.75) is 25.8 Å². The highest BCUT2D eigenvalue weighted by molar-refractivity contribution is 5.93. The summed E-state index contributed by atoms with van der Waals surface area (Å²) < 4.78 is 15.7. The smallest absolute Gasteiger partial charge is 0.293 e. The highest BCUT2D eigenvalue weighted by atomic mass is 16.5. The maximum atomic E-state index is 12.9. The molecule has 3 aromatic rings. The van der Waals surface area contributed by atoms with E-state index in [4.69, 9.17) is 13.8 Å². The summed E-state index contributed by atoms with van der Waals surface area (Å²) in [4.78, 5) is 14.7. The first-order valence-corrected chi connectivity index (χ1v) is 8.51. The van der Waals surface area contributed by atoms with E-state index in [0.29, 0.717) is 12.2 Å². The lowest BCUT2D eigenvalue weighted by molar-refractivity contribution is 0.0688. The molecule has 4 rings (SSSR count). The van der Waals surface area contributed by atoms with Crippen LogP contribution in [0.15, 0.2) is 45.4 Å². The van der Waals surface area contributed by atoms with Gasteiger partial charge < -0.3 is 18.7 Å². The van der Waals surface area contributed by atoms with Crippen LogP contribution in [0.5, 0.6) is 5.75 Å². The molecule has 0 N–H and O–H groups in total. The first-order valence-electron chi connectivity index (χ1n) is 8.51. The second-order valence-corrected chi connectivity index (χ2v) is 6.33. The first kappa shape index (κ1) is 16.4. The summed E-state index contributed by atoms with van der Waals surface area (Å²) in [5.41, 5.74) is 2.21. The Balaban J connectivity index is 1.57.